The maximum atomic E-state index is 12.7. The Balaban J connectivity index is 2.20. The van der Waals surface area contributed by atoms with Gasteiger partial charge < -0.3 is 4.74 Å². The van der Waals surface area contributed by atoms with Gasteiger partial charge in [-0.3, -0.25) is 4.79 Å². The van der Waals surface area contributed by atoms with E-state index in [1.54, 1.807) is 6.92 Å². The molecule has 0 aliphatic heterocycles. The van der Waals surface area contributed by atoms with E-state index in [0.717, 1.165) is 28.9 Å². The molecular formula is C20H28N2O2. The lowest BCUT2D eigenvalue weighted by molar-refractivity contribution is 0.0707. The van der Waals surface area contributed by atoms with Crippen molar-refractivity contribution in [1.82, 2.24) is 9.78 Å². The number of aryl methyl sites for hydroxylation is 3. The van der Waals surface area contributed by atoms with Crippen molar-refractivity contribution in [2.24, 2.45) is 5.92 Å². The van der Waals surface area contributed by atoms with Crippen molar-refractivity contribution in [2.45, 2.75) is 61.0 Å². The Morgan fingerprint density at radius 1 is 1.12 bits per heavy atom. The monoisotopic (exact) mass is 328 g/mol. The molecule has 1 unspecified atom stereocenters. The van der Waals surface area contributed by atoms with Crippen LogP contribution in [-0.2, 0) is 6.42 Å². The van der Waals surface area contributed by atoms with Crippen molar-refractivity contribution >= 4 is 5.91 Å². The Hall–Kier alpha value is -2.10. The summed E-state index contributed by atoms with van der Waals surface area (Å²) in [7, 11) is 0. The van der Waals surface area contributed by atoms with Crippen LogP contribution >= 0.6 is 0 Å². The van der Waals surface area contributed by atoms with Crippen LogP contribution in [0.5, 0.6) is 5.75 Å². The van der Waals surface area contributed by atoms with Crippen molar-refractivity contribution in [1.29, 1.82) is 0 Å². The number of benzene rings is 1. The molecular weight excluding hydrogens is 300 g/mol. The molecule has 1 aromatic carbocycles. The Morgan fingerprint density at radius 2 is 1.79 bits per heavy atom. The molecule has 0 aliphatic carbocycles. The van der Waals surface area contributed by atoms with Crippen LogP contribution in [0.1, 0.15) is 53.6 Å². The van der Waals surface area contributed by atoms with Gasteiger partial charge in [0, 0.05) is 5.69 Å². The fraction of sp³-hybridized carbons (Fsp3) is 0.500. The van der Waals surface area contributed by atoms with Crippen molar-refractivity contribution in [2.75, 3.05) is 0 Å². The summed E-state index contributed by atoms with van der Waals surface area (Å²) >= 11 is 0. The molecule has 1 aromatic heterocycles. The molecule has 4 heteroatoms. The first-order chi connectivity index (χ1) is 11.2. The Kier molecular flexibility index (Phi) is 5.47. The summed E-state index contributed by atoms with van der Waals surface area (Å²) in [6.45, 7) is 14.1. The van der Waals surface area contributed by atoms with Crippen LogP contribution < -0.4 is 4.74 Å². The SMILES string of the molecule is Cc1ccc(OC(C)C(=O)n2nc(C)c(CC(C)C)c2C)cc1C. The first kappa shape index (κ1) is 18.2. The fourth-order valence-corrected chi connectivity index (χ4v) is 2.81. The summed E-state index contributed by atoms with van der Waals surface area (Å²) in [5.74, 6) is 1.10. The van der Waals surface area contributed by atoms with E-state index >= 15 is 0 Å². The smallest absolute Gasteiger partial charge is 0.287 e. The fourth-order valence-electron chi connectivity index (χ4n) is 2.81. The molecule has 0 radical (unpaired) electrons. The lowest BCUT2D eigenvalue weighted by atomic mass is 10.0. The highest BCUT2D eigenvalue weighted by Crippen LogP contribution is 2.20. The second-order valence-corrected chi connectivity index (χ2v) is 7.00. The van der Waals surface area contributed by atoms with Crippen LogP contribution in [0.2, 0.25) is 0 Å². The summed E-state index contributed by atoms with van der Waals surface area (Å²) in [4.78, 5) is 12.7. The minimum absolute atomic E-state index is 0.135. The van der Waals surface area contributed by atoms with E-state index in [1.165, 1.54) is 10.2 Å². The third kappa shape index (κ3) is 3.86. The number of nitrogens with zero attached hydrogens (tertiary/aromatic N) is 2. The number of aromatic nitrogens is 2. The molecule has 0 saturated carbocycles. The molecule has 0 bridgehead atoms. The second-order valence-electron chi connectivity index (χ2n) is 7.00. The molecule has 4 nitrogen and oxygen atoms in total. The van der Waals surface area contributed by atoms with Crippen LogP contribution in [0.4, 0.5) is 0 Å². The quantitative estimate of drug-likeness (QED) is 0.816. The molecule has 0 N–H and O–H groups in total. The van der Waals surface area contributed by atoms with Gasteiger partial charge in [-0.15, -0.1) is 0 Å². The summed E-state index contributed by atoms with van der Waals surface area (Å²) in [6, 6.07) is 5.87. The standard InChI is InChI=1S/C20H28N2O2/c1-12(2)10-19-15(5)21-22(16(19)6)20(23)17(7)24-18-9-8-13(3)14(4)11-18/h8-9,11-12,17H,10H2,1-7H3. The highest BCUT2D eigenvalue weighted by molar-refractivity contribution is 5.83. The van der Waals surface area contributed by atoms with E-state index in [2.05, 4.69) is 25.9 Å². The van der Waals surface area contributed by atoms with E-state index in [-0.39, 0.29) is 5.91 Å². The van der Waals surface area contributed by atoms with Crippen LogP contribution in [0.3, 0.4) is 0 Å². The number of carbonyl (C=O) groups excluding carboxylic acids is 1. The molecule has 0 spiro atoms. The van der Waals surface area contributed by atoms with E-state index < -0.39 is 6.10 Å². The molecule has 1 heterocycles. The maximum Gasteiger partial charge on any atom is 0.287 e. The number of carbonyl (C=O) groups is 1. The Bertz CT molecular complexity index is 744. The molecule has 0 fully saturated rings. The van der Waals surface area contributed by atoms with E-state index in [1.807, 2.05) is 39.0 Å². The van der Waals surface area contributed by atoms with Crippen LogP contribution in [-0.4, -0.2) is 21.8 Å². The zero-order chi connectivity index (χ0) is 18.0. The lowest BCUT2D eigenvalue weighted by Gasteiger charge is -2.15. The summed E-state index contributed by atoms with van der Waals surface area (Å²) in [5, 5.41) is 4.44. The van der Waals surface area contributed by atoms with Gasteiger partial charge in [0.2, 0.25) is 0 Å². The van der Waals surface area contributed by atoms with Crippen LogP contribution in [0, 0.1) is 33.6 Å². The van der Waals surface area contributed by atoms with E-state index in [9.17, 15) is 4.79 Å². The predicted molar refractivity (Wildman–Crippen MR) is 96.9 cm³/mol. The van der Waals surface area contributed by atoms with Gasteiger partial charge in [-0.25, -0.2) is 4.68 Å². The van der Waals surface area contributed by atoms with Gasteiger partial charge in [-0.2, -0.15) is 5.10 Å². The third-order valence-corrected chi connectivity index (χ3v) is 4.40. The number of ether oxygens (including phenoxy) is 1. The summed E-state index contributed by atoms with van der Waals surface area (Å²) in [6.07, 6.45) is 0.342. The number of hydrogen-bond donors (Lipinski definition) is 0. The maximum absolute atomic E-state index is 12.7. The highest BCUT2D eigenvalue weighted by Gasteiger charge is 2.23. The predicted octanol–water partition coefficient (Wildman–Crippen LogP) is 4.42. The minimum Gasteiger partial charge on any atom is -0.481 e. The topological polar surface area (TPSA) is 44.1 Å². The average Bonchev–Trinajstić information content (AvgIpc) is 2.78. The van der Waals surface area contributed by atoms with Crippen molar-refractivity contribution in [3.05, 3.63) is 46.3 Å². The zero-order valence-electron chi connectivity index (χ0n) is 15.8. The summed E-state index contributed by atoms with van der Waals surface area (Å²) in [5.41, 5.74) is 5.36. The van der Waals surface area contributed by atoms with Gasteiger partial charge in [-0.05, 0) is 75.8 Å². The van der Waals surface area contributed by atoms with E-state index in [0.29, 0.717) is 11.7 Å². The van der Waals surface area contributed by atoms with Gasteiger partial charge in [0.25, 0.3) is 5.91 Å². The van der Waals surface area contributed by atoms with Gasteiger partial charge in [0.1, 0.15) is 5.75 Å². The Morgan fingerprint density at radius 3 is 2.38 bits per heavy atom. The highest BCUT2D eigenvalue weighted by atomic mass is 16.5. The molecule has 2 rings (SSSR count). The van der Waals surface area contributed by atoms with Gasteiger partial charge in [0.15, 0.2) is 6.10 Å². The molecule has 0 saturated heterocycles. The normalized spacial score (nSPS) is 12.5. The molecule has 1 atom stereocenters. The minimum atomic E-state index is -0.586. The van der Waals surface area contributed by atoms with Gasteiger partial charge in [0.05, 0.1) is 5.69 Å². The molecule has 2 aromatic rings. The van der Waals surface area contributed by atoms with Crippen LogP contribution in [0.15, 0.2) is 18.2 Å². The van der Waals surface area contributed by atoms with E-state index in [4.69, 9.17) is 4.74 Å². The van der Waals surface area contributed by atoms with Crippen LogP contribution in [0.25, 0.3) is 0 Å². The first-order valence-corrected chi connectivity index (χ1v) is 8.54. The average molecular weight is 328 g/mol. The first-order valence-electron chi connectivity index (χ1n) is 8.54. The third-order valence-electron chi connectivity index (χ3n) is 4.40. The molecule has 130 valence electrons. The molecule has 0 amide bonds. The second kappa shape index (κ2) is 7.20. The summed E-state index contributed by atoms with van der Waals surface area (Å²) < 4.78 is 7.34. The number of hydrogen-bond acceptors (Lipinski definition) is 3. The Labute approximate surface area is 144 Å². The lowest BCUT2D eigenvalue weighted by Crippen LogP contribution is -2.31. The number of rotatable bonds is 5. The van der Waals surface area contributed by atoms with Gasteiger partial charge >= 0.3 is 0 Å². The molecule has 24 heavy (non-hydrogen) atoms. The largest absolute Gasteiger partial charge is 0.481 e. The van der Waals surface area contributed by atoms with Crippen molar-refractivity contribution in [3.63, 3.8) is 0 Å². The van der Waals surface area contributed by atoms with Gasteiger partial charge in [-0.1, -0.05) is 19.9 Å². The van der Waals surface area contributed by atoms with Crippen molar-refractivity contribution in [3.8, 4) is 5.75 Å². The molecule has 0 aliphatic rings. The van der Waals surface area contributed by atoms with Crippen molar-refractivity contribution < 1.29 is 9.53 Å². The zero-order valence-corrected chi connectivity index (χ0v) is 15.8.